The van der Waals surface area contributed by atoms with Gasteiger partial charge in [0.15, 0.2) is 11.6 Å². The number of carbonyl (C=O) groups excluding carboxylic acids is 2. The molecular formula is C22H20ClFN2O5. The predicted molar refractivity (Wildman–Crippen MR) is 113 cm³/mol. The minimum absolute atomic E-state index is 0.187. The topological polar surface area (TPSA) is 109 Å². The van der Waals surface area contributed by atoms with E-state index < -0.39 is 35.4 Å². The van der Waals surface area contributed by atoms with E-state index in [0.29, 0.717) is 21.7 Å². The fourth-order valence-electron chi connectivity index (χ4n) is 3.52. The van der Waals surface area contributed by atoms with Crippen molar-refractivity contribution in [2.24, 2.45) is 0 Å². The van der Waals surface area contributed by atoms with Crippen LogP contribution in [-0.2, 0) is 16.0 Å². The quantitative estimate of drug-likeness (QED) is 0.535. The third-order valence-electron chi connectivity index (χ3n) is 4.90. The van der Waals surface area contributed by atoms with Gasteiger partial charge in [-0.1, -0.05) is 17.7 Å². The molecule has 0 radical (unpaired) electrons. The van der Waals surface area contributed by atoms with Crippen LogP contribution in [0.4, 0.5) is 4.39 Å². The number of phenolic OH excluding ortho intramolecular Hbond substituents is 1. The number of hydrogen-bond donors (Lipinski definition) is 3. The van der Waals surface area contributed by atoms with Crippen LogP contribution in [-0.4, -0.2) is 38.6 Å². The number of nitrogens with one attached hydrogen (secondary N) is 1. The van der Waals surface area contributed by atoms with Gasteiger partial charge in [0.25, 0.3) is 5.91 Å². The zero-order chi connectivity index (χ0) is 22.9. The number of benzene rings is 2. The van der Waals surface area contributed by atoms with Crippen LogP contribution >= 0.6 is 11.6 Å². The zero-order valence-electron chi connectivity index (χ0n) is 16.8. The van der Waals surface area contributed by atoms with Gasteiger partial charge in [-0.2, -0.15) is 0 Å². The molecule has 0 saturated carbocycles. The molecule has 0 saturated heterocycles. The maximum absolute atomic E-state index is 14.1. The third-order valence-corrected chi connectivity index (χ3v) is 5.14. The van der Waals surface area contributed by atoms with Crippen LogP contribution in [0.3, 0.4) is 0 Å². The molecule has 0 spiro atoms. The van der Waals surface area contributed by atoms with E-state index in [1.54, 1.807) is 32.0 Å². The van der Waals surface area contributed by atoms with Gasteiger partial charge in [-0.05, 0) is 43.7 Å². The van der Waals surface area contributed by atoms with Crippen molar-refractivity contribution < 1.29 is 29.0 Å². The van der Waals surface area contributed by atoms with Gasteiger partial charge in [0.05, 0.1) is 18.4 Å². The van der Waals surface area contributed by atoms with Crippen LogP contribution in [0.15, 0.2) is 36.4 Å². The highest BCUT2D eigenvalue weighted by Crippen LogP contribution is 2.32. The summed E-state index contributed by atoms with van der Waals surface area (Å²) in [6.45, 7) is 3.17. The molecule has 1 aromatic heterocycles. The molecule has 0 aliphatic rings. The molecule has 0 aliphatic carbocycles. The second-order valence-electron chi connectivity index (χ2n) is 7.28. The van der Waals surface area contributed by atoms with Gasteiger partial charge >= 0.3 is 5.97 Å². The van der Waals surface area contributed by atoms with Crippen molar-refractivity contribution in [3.05, 3.63) is 64.1 Å². The summed E-state index contributed by atoms with van der Waals surface area (Å²) >= 11 is 5.99. The molecule has 1 atom stereocenters. The van der Waals surface area contributed by atoms with Crippen molar-refractivity contribution in [3.8, 4) is 5.75 Å². The molecule has 31 heavy (non-hydrogen) atoms. The maximum Gasteiger partial charge on any atom is 0.305 e. The number of carbonyl (C=O) groups is 3. The Kier molecular flexibility index (Phi) is 6.31. The summed E-state index contributed by atoms with van der Waals surface area (Å²) in [6, 6.07) is 7.88. The number of phenols is 1. The summed E-state index contributed by atoms with van der Waals surface area (Å²) in [5, 5.41) is 22.0. The molecule has 2 aromatic carbocycles. The van der Waals surface area contributed by atoms with Gasteiger partial charge < -0.3 is 15.5 Å². The van der Waals surface area contributed by atoms with Gasteiger partial charge in [0.2, 0.25) is 5.91 Å². The molecule has 0 bridgehead atoms. The summed E-state index contributed by atoms with van der Waals surface area (Å²) in [5.41, 5.74) is 1.28. The van der Waals surface area contributed by atoms with Crippen molar-refractivity contribution in [1.82, 2.24) is 9.88 Å². The predicted octanol–water partition coefficient (Wildman–Crippen LogP) is 3.66. The molecule has 3 N–H and O–H groups in total. The minimum atomic E-state index is -1.05. The Bertz CT molecular complexity index is 1200. The zero-order valence-corrected chi connectivity index (χ0v) is 17.5. The van der Waals surface area contributed by atoms with E-state index in [-0.39, 0.29) is 23.9 Å². The molecular weight excluding hydrogens is 427 g/mol. The van der Waals surface area contributed by atoms with Crippen molar-refractivity contribution in [2.75, 3.05) is 0 Å². The molecule has 1 heterocycles. The lowest BCUT2D eigenvalue weighted by Gasteiger charge is -2.12. The number of amides is 1. The number of nitrogens with zero attached hydrogens (tertiary/aromatic N) is 1. The van der Waals surface area contributed by atoms with Crippen molar-refractivity contribution in [1.29, 1.82) is 0 Å². The number of halogens is 2. The molecule has 0 fully saturated rings. The molecule has 0 aliphatic heterocycles. The van der Waals surface area contributed by atoms with E-state index >= 15 is 0 Å². The van der Waals surface area contributed by atoms with Crippen molar-refractivity contribution in [2.45, 2.75) is 32.7 Å². The van der Waals surface area contributed by atoms with E-state index in [0.717, 1.165) is 6.07 Å². The van der Waals surface area contributed by atoms with Gasteiger partial charge in [0.1, 0.15) is 0 Å². The Morgan fingerprint density at radius 3 is 2.58 bits per heavy atom. The Hall–Kier alpha value is -3.39. The van der Waals surface area contributed by atoms with E-state index in [2.05, 4.69) is 5.32 Å². The summed E-state index contributed by atoms with van der Waals surface area (Å²) in [4.78, 5) is 36.5. The van der Waals surface area contributed by atoms with Crippen LogP contribution in [0.2, 0.25) is 5.02 Å². The standard InChI is InChI=1S/C22H20ClFN2O5/c1-11(6-21(29)30)25-20(28)9-15-12(2)26(18-10-17(24)19(27)8-16(15)18)22(31)13-4-3-5-14(23)7-13/h3-5,7-8,10-11,27H,6,9H2,1-2H3,(H,25,28)(H,29,30). The Labute approximate surface area is 182 Å². The summed E-state index contributed by atoms with van der Waals surface area (Å²) < 4.78 is 15.4. The number of aromatic hydroxyl groups is 1. The molecule has 162 valence electrons. The Morgan fingerprint density at radius 1 is 1.23 bits per heavy atom. The Balaban J connectivity index is 2.07. The number of carboxylic acid groups (broad SMARTS) is 1. The van der Waals surface area contributed by atoms with Crippen molar-refractivity contribution in [3.63, 3.8) is 0 Å². The molecule has 1 amide bonds. The van der Waals surface area contributed by atoms with Crippen LogP contribution < -0.4 is 5.32 Å². The fourth-order valence-corrected chi connectivity index (χ4v) is 3.71. The van der Waals surface area contributed by atoms with Crippen LogP contribution in [0.1, 0.15) is 35.0 Å². The van der Waals surface area contributed by atoms with Gasteiger partial charge in [-0.15, -0.1) is 0 Å². The van der Waals surface area contributed by atoms with E-state index in [1.165, 1.54) is 16.7 Å². The SMILES string of the molecule is Cc1c(CC(=O)NC(C)CC(=O)O)c2cc(O)c(F)cc2n1C(=O)c1cccc(Cl)c1. The van der Waals surface area contributed by atoms with Gasteiger partial charge in [-0.3, -0.25) is 19.0 Å². The number of aromatic nitrogens is 1. The van der Waals surface area contributed by atoms with Crippen molar-refractivity contribution >= 4 is 40.3 Å². The normalized spacial score (nSPS) is 12.0. The highest BCUT2D eigenvalue weighted by molar-refractivity contribution is 6.31. The van der Waals surface area contributed by atoms with Gasteiger partial charge in [0, 0.05) is 33.8 Å². The monoisotopic (exact) mass is 446 g/mol. The largest absolute Gasteiger partial charge is 0.505 e. The van der Waals surface area contributed by atoms with Crippen LogP contribution in [0.25, 0.3) is 10.9 Å². The first kappa shape index (κ1) is 22.3. The van der Waals surface area contributed by atoms with E-state index in [4.69, 9.17) is 16.7 Å². The highest BCUT2D eigenvalue weighted by atomic mass is 35.5. The average molecular weight is 447 g/mol. The fraction of sp³-hybridized carbons (Fsp3) is 0.227. The molecule has 9 heteroatoms. The average Bonchev–Trinajstić information content (AvgIpc) is 2.92. The lowest BCUT2D eigenvalue weighted by atomic mass is 10.1. The smallest absolute Gasteiger partial charge is 0.305 e. The van der Waals surface area contributed by atoms with Gasteiger partial charge in [-0.25, -0.2) is 4.39 Å². The third kappa shape index (κ3) is 4.69. The van der Waals surface area contributed by atoms with Crippen LogP contribution in [0.5, 0.6) is 5.75 Å². The number of aliphatic carboxylic acids is 1. The minimum Gasteiger partial charge on any atom is -0.505 e. The molecule has 1 unspecified atom stereocenters. The second kappa shape index (κ2) is 8.77. The number of carboxylic acids is 1. The summed E-state index contributed by atoms with van der Waals surface area (Å²) in [7, 11) is 0. The first-order chi connectivity index (χ1) is 14.6. The van der Waals surface area contributed by atoms with E-state index in [9.17, 15) is 23.9 Å². The number of fused-ring (bicyclic) bond motifs is 1. The lowest BCUT2D eigenvalue weighted by Crippen LogP contribution is -2.35. The molecule has 7 nitrogen and oxygen atoms in total. The number of rotatable bonds is 6. The first-order valence-electron chi connectivity index (χ1n) is 9.42. The number of hydrogen-bond acceptors (Lipinski definition) is 4. The molecule has 3 aromatic rings. The lowest BCUT2D eigenvalue weighted by molar-refractivity contribution is -0.137. The highest BCUT2D eigenvalue weighted by Gasteiger charge is 2.24. The second-order valence-corrected chi connectivity index (χ2v) is 7.72. The summed E-state index contributed by atoms with van der Waals surface area (Å²) in [6.07, 6.45) is -0.432. The Morgan fingerprint density at radius 2 is 1.94 bits per heavy atom. The summed E-state index contributed by atoms with van der Waals surface area (Å²) in [5.74, 6) is -3.50. The van der Waals surface area contributed by atoms with E-state index in [1.807, 2.05) is 0 Å². The first-order valence-corrected chi connectivity index (χ1v) is 9.80. The maximum atomic E-state index is 14.1. The van der Waals surface area contributed by atoms with Crippen LogP contribution in [0, 0.1) is 12.7 Å². The molecule has 3 rings (SSSR count).